The predicted molar refractivity (Wildman–Crippen MR) is 130 cm³/mol. The van der Waals surface area contributed by atoms with Gasteiger partial charge in [0, 0.05) is 12.5 Å². The number of ether oxygens (including phenoxy) is 1. The molecule has 1 heterocycles. The molecule has 0 fully saturated rings. The molecule has 0 aliphatic heterocycles. The third-order valence-electron chi connectivity index (χ3n) is 4.89. The van der Waals surface area contributed by atoms with E-state index in [9.17, 15) is 14.4 Å². The number of ketones is 1. The number of carbonyl (C=O) groups excluding carboxylic acids is 3. The minimum atomic E-state index is -0.808. The highest BCUT2D eigenvalue weighted by Crippen LogP contribution is 2.31. The number of para-hydroxylation sites is 1. The standard InChI is InChI=1S/C25H27N3O4S/c1-5-32-19-14-10-9-13-18(19)23(30)26-20(15(2)3)24(31)28-25-27-21(22(33-25)16(4)29)17-11-7-6-8-12-17/h6-15,20H,5H2,1-4H3,(H,26,30)(H,27,28,31)/t20-/m0/s1. The van der Waals surface area contributed by atoms with Gasteiger partial charge in [-0.1, -0.05) is 67.6 Å². The number of rotatable bonds is 9. The van der Waals surface area contributed by atoms with Crippen LogP contribution in [0.4, 0.5) is 5.13 Å². The molecule has 0 bridgehead atoms. The number of anilines is 1. The van der Waals surface area contributed by atoms with Gasteiger partial charge in [-0.25, -0.2) is 4.98 Å². The summed E-state index contributed by atoms with van der Waals surface area (Å²) in [6.07, 6.45) is 0. The molecule has 0 aliphatic rings. The molecule has 2 amide bonds. The van der Waals surface area contributed by atoms with Crippen molar-refractivity contribution >= 4 is 34.1 Å². The zero-order valence-electron chi connectivity index (χ0n) is 19.0. The summed E-state index contributed by atoms with van der Waals surface area (Å²) in [6.45, 7) is 7.42. The van der Waals surface area contributed by atoms with Crippen LogP contribution in [0.3, 0.4) is 0 Å². The van der Waals surface area contributed by atoms with E-state index in [1.54, 1.807) is 24.3 Å². The minimum Gasteiger partial charge on any atom is -0.493 e. The number of nitrogens with zero attached hydrogens (tertiary/aromatic N) is 1. The molecule has 1 aromatic heterocycles. The van der Waals surface area contributed by atoms with Gasteiger partial charge in [-0.05, 0) is 25.0 Å². The van der Waals surface area contributed by atoms with Crippen LogP contribution in [-0.4, -0.2) is 35.2 Å². The quantitative estimate of drug-likeness (QED) is 0.442. The molecule has 2 N–H and O–H groups in total. The van der Waals surface area contributed by atoms with E-state index in [1.807, 2.05) is 51.1 Å². The summed E-state index contributed by atoms with van der Waals surface area (Å²) in [6, 6.07) is 15.4. The molecule has 0 spiro atoms. The van der Waals surface area contributed by atoms with Crippen molar-refractivity contribution in [2.24, 2.45) is 5.92 Å². The van der Waals surface area contributed by atoms with Crippen LogP contribution in [0.5, 0.6) is 5.75 Å². The summed E-state index contributed by atoms with van der Waals surface area (Å²) in [5, 5.41) is 5.89. The molecule has 0 saturated carbocycles. The summed E-state index contributed by atoms with van der Waals surface area (Å²) in [7, 11) is 0. The summed E-state index contributed by atoms with van der Waals surface area (Å²) >= 11 is 1.12. The first-order valence-electron chi connectivity index (χ1n) is 10.7. The van der Waals surface area contributed by atoms with Crippen molar-refractivity contribution in [2.75, 3.05) is 11.9 Å². The molecule has 0 saturated heterocycles. The van der Waals surface area contributed by atoms with Crippen LogP contribution < -0.4 is 15.4 Å². The number of thiazole rings is 1. The molecule has 2 aromatic carbocycles. The Morgan fingerprint density at radius 1 is 1.03 bits per heavy atom. The molecule has 172 valence electrons. The topological polar surface area (TPSA) is 97.4 Å². The van der Waals surface area contributed by atoms with Crippen molar-refractivity contribution in [1.82, 2.24) is 10.3 Å². The fourth-order valence-corrected chi connectivity index (χ4v) is 4.16. The molecule has 3 aromatic rings. The van der Waals surface area contributed by atoms with Crippen molar-refractivity contribution < 1.29 is 19.1 Å². The zero-order chi connectivity index (χ0) is 24.0. The number of carbonyl (C=O) groups is 3. The Balaban J connectivity index is 1.81. The third-order valence-corrected chi connectivity index (χ3v) is 5.96. The zero-order valence-corrected chi connectivity index (χ0v) is 19.9. The maximum atomic E-state index is 13.1. The van der Waals surface area contributed by atoms with Crippen LogP contribution in [0, 0.1) is 5.92 Å². The Morgan fingerprint density at radius 3 is 2.33 bits per heavy atom. The summed E-state index contributed by atoms with van der Waals surface area (Å²) in [5.41, 5.74) is 1.68. The van der Waals surface area contributed by atoms with Gasteiger partial charge < -0.3 is 15.4 Å². The van der Waals surface area contributed by atoms with E-state index in [-0.39, 0.29) is 11.7 Å². The van der Waals surface area contributed by atoms with Crippen molar-refractivity contribution in [1.29, 1.82) is 0 Å². The largest absolute Gasteiger partial charge is 0.493 e. The number of Topliss-reactive ketones (excluding diaryl/α,β-unsaturated/α-hetero) is 1. The number of hydrogen-bond acceptors (Lipinski definition) is 6. The molecule has 3 rings (SSSR count). The summed E-state index contributed by atoms with van der Waals surface area (Å²) < 4.78 is 5.54. The fraction of sp³-hybridized carbons (Fsp3) is 0.280. The molecule has 7 nitrogen and oxygen atoms in total. The van der Waals surface area contributed by atoms with Crippen molar-refractivity contribution in [3.63, 3.8) is 0 Å². The van der Waals surface area contributed by atoms with Crippen molar-refractivity contribution in [3.8, 4) is 17.0 Å². The average Bonchev–Trinajstić information content (AvgIpc) is 3.22. The first-order valence-corrected chi connectivity index (χ1v) is 11.5. The molecule has 0 unspecified atom stereocenters. The normalized spacial score (nSPS) is 11.7. The lowest BCUT2D eigenvalue weighted by atomic mass is 10.0. The van der Waals surface area contributed by atoms with E-state index < -0.39 is 17.9 Å². The molecule has 0 aliphatic carbocycles. The number of hydrogen-bond donors (Lipinski definition) is 2. The second-order valence-corrected chi connectivity index (χ2v) is 8.73. The fourth-order valence-electron chi connectivity index (χ4n) is 3.28. The van der Waals surface area contributed by atoms with Gasteiger partial charge in [-0.2, -0.15) is 0 Å². The van der Waals surface area contributed by atoms with Gasteiger partial charge in [0.25, 0.3) is 5.91 Å². The molecule has 33 heavy (non-hydrogen) atoms. The minimum absolute atomic E-state index is 0.131. The monoisotopic (exact) mass is 465 g/mol. The Kier molecular flexibility index (Phi) is 7.95. The van der Waals surface area contributed by atoms with Gasteiger partial charge >= 0.3 is 0 Å². The van der Waals surface area contributed by atoms with E-state index in [0.29, 0.717) is 33.6 Å². The van der Waals surface area contributed by atoms with Crippen molar-refractivity contribution in [2.45, 2.75) is 33.7 Å². The van der Waals surface area contributed by atoms with E-state index >= 15 is 0 Å². The van der Waals surface area contributed by atoms with Gasteiger partial charge in [0.2, 0.25) is 5.91 Å². The summed E-state index contributed by atoms with van der Waals surface area (Å²) in [5.74, 6) is -0.668. The van der Waals surface area contributed by atoms with Crippen LogP contribution >= 0.6 is 11.3 Å². The Labute approximate surface area is 197 Å². The maximum absolute atomic E-state index is 13.1. The first kappa shape index (κ1) is 24.1. The van der Waals surface area contributed by atoms with E-state index in [1.165, 1.54) is 6.92 Å². The maximum Gasteiger partial charge on any atom is 0.255 e. The number of amides is 2. The van der Waals surface area contributed by atoms with Crippen LogP contribution in [0.15, 0.2) is 54.6 Å². The van der Waals surface area contributed by atoms with Crippen molar-refractivity contribution in [3.05, 3.63) is 65.0 Å². The Hall–Kier alpha value is -3.52. The van der Waals surface area contributed by atoms with Crippen LogP contribution in [0.25, 0.3) is 11.3 Å². The van der Waals surface area contributed by atoms with E-state index in [2.05, 4.69) is 15.6 Å². The van der Waals surface area contributed by atoms with Gasteiger partial charge in [-0.3, -0.25) is 14.4 Å². The second-order valence-electron chi connectivity index (χ2n) is 7.73. The number of nitrogens with one attached hydrogen (secondary N) is 2. The second kappa shape index (κ2) is 10.9. The summed E-state index contributed by atoms with van der Waals surface area (Å²) in [4.78, 5) is 43.1. The lowest BCUT2D eigenvalue weighted by molar-refractivity contribution is -0.118. The van der Waals surface area contributed by atoms with E-state index in [0.717, 1.165) is 16.9 Å². The molecular weight excluding hydrogens is 438 g/mol. The Bertz CT molecular complexity index is 1140. The van der Waals surface area contributed by atoms with Crippen LogP contribution in [0.1, 0.15) is 47.7 Å². The van der Waals surface area contributed by atoms with Gasteiger partial charge in [0.05, 0.1) is 22.7 Å². The number of aromatic nitrogens is 1. The van der Waals surface area contributed by atoms with Crippen LogP contribution in [0.2, 0.25) is 0 Å². The molecule has 8 heteroatoms. The number of benzene rings is 2. The van der Waals surface area contributed by atoms with E-state index in [4.69, 9.17) is 4.74 Å². The van der Waals surface area contributed by atoms with Gasteiger partial charge in [0.15, 0.2) is 10.9 Å². The first-order chi connectivity index (χ1) is 15.8. The highest BCUT2D eigenvalue weighted by molar-refractivity contribution is 7.18. The molecular formula is C25H27N3O4S. The van der Waals surface area contributed by atoms with Gasteiger partial charge in [0.1, 0.15) is 11.8 Å². The highest BCUT2D eigenvalue weighted by atomic mass is 32.1. The molecule has 1 atom stereocenters. The SMILES string of the molecule is CCOc1ccccc1C(=O)N[C@H](C(=O)Nc1nc(-c2ccccc2)c(C(C)=O)s1)C(C)C. The third kappa shape index (κ3) is 5.84. The van der Waals surface area contributed by atoms with Gasteiger partial charge in [-0.15, -0.1) is 0 Å². The van der Waals surface area contributed by atoms with Crippen LogP contribution in [-0.2, 0) is 4.79 Å². The molecule has 0 radical (unpaired) electrons. The average molecular weight is 466 g/mol. The Morgan fingerprint density at radius 2 is 1.70 bits per heavy atom. The lowest BCUT2D eigenvalue weighted by Crippen LogP contribution is -2.47. The predicted octanol–water partition coefficient (Wildman–Crippen LogP) is 4.80. The smallest absolute Gasteiger partial charge is 0.255 e. The highest BCUT2D eigenvalue weighted by Gasteiger charge is 2.27. The lowest BCUT2D eigenvalue weighted by Gasteiger charge is -2.21.